The first-order valence-corrected chi connectivity index (χ1v) is 8.15. The summed E-state index contributed by atoms with van der Waals surface area (Å²) in [7, 11) is 0. The molecule has 4 nitrogen and oxygen atoms in total. The minimum Gasteiger partial charge on any atom is -0.481 e. The maximum atomic E-state index is 10.3. The molecule has 0 saturated heterocycles. The van der Waals surface area contributed by atoms with Gasteiger partial charge in [-0.1, -0.05) is 58.3 Å². The van der Waals surface area contributed by atoms with Gasteiger partial charge >= 0.3 is 5.97 Å². The first kappa shape index (κ1) is 19.4. The summed E-state index contributed by atoms with van der Waals surface area (Å²) in [6.45, 7) is 2.20. The van der Waals surface area contributed by atoms with E-state index in [1.165, 1.54) is 32.1 Å². The molecular weight excluding hydrogens is 256 g/mol. The van der Waals surface area contributed by atoms with Gasteiger partial charge in [0.05, 0.1) is 12.2 Å². The van der Waals surface area contributed by atoms with Crippen molar-refractivity contribution in [3.63, 3.8) is 0 Å². The van der Waals surface area contributed by atoms with Gasteiger partial charge < -0.3 is 15.3 Å². The van der Waals surface area contributed by atoms with Gasteiger partial charge in [0.2, 0.25) is 0 Å². The van der Waals surface area contributed by atoms with Crippen molar-refractivity contribution in [1.29, 1.82) is 0 Å². The highest BCUT2D eigenvalue weighted by Gasteiger charge is 2.15. The second-order valence-electron chi connectivity index (χ2n) is 5.68. The normalized spacial score (nSPS) is 14.2. The average molecular weight is 288 g/mol. The number of hydrogen-bond donors (Lipinski definition) is 3. The molecule has 4 heteroatoms. The summed E-state index contributed by atoms with van der Waals surface area (Å²) in [6, 6.07) is 0. The van der Waals surface area contributed by atoms with Crippen LogP contribution in [0.4, 0.5) is 0 Å². The predicted molar refractivity (Wildman–Crippen MR) is 80.7 cm³/mol. The fourth-order valence-electron chi connectivity index (χ4n) is 2.33. The molecule has 0 aromatic heterocycles. The van der Waals surface area contributed by atoms with Crippen LogP contribution in [0.3, 0.4) is 0 Å². The number of rotatable bonds is 14. The molecule has 20 heavy (non-hydrogen) atoms. The van der Waals surface area contributed by atoms with Crippen molar-refractivity contribution in [2.45, 2.75) is 96.2 Å². The SMILES string of the molecule is CCCCCCCCCC(O)C(O)CCCCC(=O)O. The summed E-state index contributed by atoms with van der Waals surface area (Å²) in [5, 5.41) is 28.1. The summed E-state index contributed by atoms with van der Waals surface area (Å²) in [5.74, 6) is -0.803. The van der Waals surface area contributed by atoms with E-state index in [4.69, 9.17) is 5.11 Å². The number of aliphatic hydroxyl groups excluding tert-OH is 2. The van der Waals surface area contributed by atoms with E-state index < -0.39 is 18.2 Å². The molecule has 0 amide bonds. The molecule has 0 aliphatic heterocycles. The Bertz CT molecular complexity index is 231. The zero-order chi connectivity index (χ0) is 15.2. The van der Waals surface area contributed by atoms with Crippen molar-refractivity contribution in [3.8, 4) is 0 Å². The van der Waals surface area contributed by atoms with Crippen molar-refractivity contribution in [2.75, 3.05) is 0 Å². The average Bonchev–Trinajstić information content (AvgIpc) is 2.41. The standard InChI is InChI=1S/C16H32O4/c1-2-3-4-5-6-7-8-11-14(17)15(18)12-9-10-13-16(19)20/h14-15,17-18H,2-13H2,1H3,(H,19,20). The van der Waals surface area contributed by atoms with Crippen LogP contribution in [0.5, 0.6) is 0 Å². The highest BCUT2D eigenvalue weighted by atomic mass is 16.4. The van der Waals surface area contributed by atoms with Gasteiger partial charge in [0.1, 0.15) is 0 Å². The molecule has 0 spiro atoms. The zero-order valence-electron chi connectivity index (χ0n) is 12.9. The summed E-state index contributed by atoms with van der Waals surface area (Å²) >= 11 is 0. The Kier molecular flexibility index (Phi) is 13.0. The van der Waals surface area contributed by atoms with Crippen LogP contribution < -0.4 is 0 Å². The van der Waals surface area contributed by atoms with Crippen LogP contribution in [0.1, 0.15) is 84.0 Å². The molecule has 0 aromatic rings. The quantitative estimate of drug-likeness (QED) is 0.428. The van der Waals surface area contributed by atoms with Crippen molar-refractivity contribution in [1.82, 2.24) is 0 Å². The molecule has 0 rings (SSSR count). The van der Waals surface area contributed by atoms with Crippen LogP contribution in [0, 0.1) is 0 Å². The highest BCUT2D eigenvalue weighted by molar-refractivity contribution is 5.66. The zero-order valence-corrected chi connectivity index (χ0v) is 12.9. The Labute approximate surface area is 123 Å². The Hall–Kier alpha value is -0.610. The van der Waals surface area contributed by atoms with Crippen LogP contribution in [0.15, 0.2) is 0 Å². The van der Waals surface area contributed by atoms with Crippen LogP contribution in [0.2, 0.25) is 0 Å². The van der Waals surface area contributed by atoms with Crippen molar-refractivity contribution in [3.05, 3.63) is 0 Å². The van der Waals surface area contributed by atoms with Crippen molar-refractivity contribution in [2.24, 2.45) is 0 Å². The van der Waals surface area contributed by atoms with Gasteiger partial charge in [-0.15, -0.1) is 0 Å². The fraction of sp³-hybridized carbons (Fsp3) is 0.938. The monoisotopic (exact) mass is 288 g/mol. The number of carboxylic acids is 1. The number of carbonyl (C=O) groups is 1. The molecule has 0 aromatic carbocycles. The molecule has 2 unspecified atom stereocenters. The Morgan fingerprint density at radius 1 is 0.800 bits per heavy atom. The molecule has 3 N–H and O–H groups in total. The van der Waals surface area contributed by atoms with Gasteiger partial charge in [-0.3, -0.25) is 4.79 Å². The second-order valence-corrected chi connectivity index (χ2v) is 5.68. The third-order valence-electron chi connectivity index (χ3n) is 3.69. The Morgan fingerprint density at radius 2 is 1.25 bits per heavy atom. The molecule has 2 atom stereocenters. The number of carboxylic acid groups (broad SMARTS) is 1. The topological polar surface area (TPSA) is 77.8 Å². The van der Waals surface area contributed by atoms with E-state index in [-0.39, 0.29) is 6.42 Å². The largest absolute Gasteiger partial charge is 0.481 e. The van der Waals surface area contributed by atoms with Crippen LogP contribution >= 0.6 is 0 Å². The van der Waals surface area contributed by atoms with Crippen LogP contribution in [-0.4, -0.2) is 33.5 Å². The first-order chi connectivity index (χ1) is 9.57. The maximum Gasteiger partial charge on any atom is 0.303 e. The predicted octanol–water partition coefficient (Wildman–Crippen LogP) is 3.49. The molecule has 0 bridgehead atoms. The van der Waals surface area contributed by atoms with Crippen molar-refractivity contribution < 1.29 is 20.1 Å². The lowest BCUT2D eigenvalue weighted by atomic mass is 10.00. The van der Waals surface area contributed by atoms with Crippen LogP contribution in [-0.2, 0) is 4.79 Å². The second kappa shape index (κ2) is 13.4. The minimum absolute atomic E-state index is 0.139. The lowest BCUT2D eigenvalue weighted by Gasteiger charge is -2.17. The molecule has 0 aliphatic carbocycles. The van der Waals surface area contributed by atoms with Gasteiger partial charge in [0, 0.05) is 6.42 Å². The number of aliphatic carboxylic acids is 1. The van der Waals surface area contributed by atoms with Crippen molar-refractivity contribution >= 4 is 5.97 Å². The van der Waals surface area contributed by atoms with Crippen LogP contribution in [0.25, 0.3) is 0 Å². The van der Waals surface area contributed by atoms with Gasteiger partial charge in [-0.2, -0.15) is 0 Å². The molecule has 0 saturated carbocycles. The third-order valence-corrected chi connectivity index (χ3v) is 3.69. The van der Waals surface area contributed by atoms with Gasteiger partial charge in [0.25, 0.3) is 0 Å². The van der Waals surface area contributed by atoms with E-state index in [0.29, 0.717) is 25.7 Å². The number of hydrogen-bond acceptors (Lipinski definition) is 3. The smallest absolute Gasteiger partial charge is 0.303 e. The summed E-state index contributed by atoms with van der Waals surface area (Å²) < 4.78 is 0. The fourth-order valence-corrected chi connectivity index (χ4v) is 2.33. The van der Waals surface area contributed by atoms with E-state index >= 15 is 0 Å². The molecule has 0 aliphatic rings. The number of aliphatic hydroxyl groups is 2. The lowest BCUT2D eigenvalue weighted by Crippen LogP contribution is -2.25. The highest BCUT2D eigenvalue weighted by Crippen LogP contribution is 2.14. The van der Waals surface area contributed by atoms with E-state index in [9.17, 15) is 15.0 Å². The Morgan fingerprint density at radius 3 is 1.75 bits per heavy atom. The summed E-state index contributed by atoms with van der Waals surface area (Å²) in [6.07, 6.45) is 9.54. The van der Waals surface area contributed by atoms with E-state index in [1.807, 2.05) is 0 Å². The summed E-state index contributed by atoms with van der Waals surface area (Å²) in [5.41, 5.74) is 0. The van der Waals surface area contributed by atoms with Gasteiger partial charge in [0.15, 0.2) is 0 Å². The lowest BCUT2D eigenvalue weighted by molar-refractivity contribution is -0.137. The summed E-state index contributed by atoms with van der Waals surface area (Å²) in [4.78, 5) is 10.3. The van der Waals surface area contributed by atoms with Gasteiger partial charge in [-0.25, -0.2) is 0 Å². The minimum atomic E-state index is -0.803. The molecular formula is C16H32O4. The van der Waals surface area contributed by atoms with E-state index in [2.05, 4.69) is 6.92 Å². The third kappa shape index (κ3) is 12.4. The Balaban J connectivity index is 3.40. The number of unbranched alkanes of at least 4 members (excludes halogenated alkanes) is 7. The molecule has 120 valence electrons. The molecule has 0 radical (unpaired) electrons. The maximum absolute atomic E-state index is 10.3. The molecule has 0 fully saturated rings. The molecule has 0 heterocycles. The van der Waals surface area contributed by atoms with E-state index in [0.717, 1.165) is 12.8 Å². The van der Waals surface area contributed by atoms with Gasteiger partial charge in [-0.05, 0) is 19.3 Å². The van der Waals surface area contributed by atoms with E-state index in [1.54, 1.807) is 0 Å². The first-order valence-electron chi connectivity index (χ1n) is 8.15.